The third kappa shape index (κ3) is 4.63. The fraction of sp³-hybridized carbons (Fsp3) is 0.347. The molecule has 2 aliphatic heterocycles. The second kappa shape index (κ2) is 10.9. The van der Waals surface area contributed by atoms with Gasteiger partial charge in [0.15, 0.2) is 0 Å². The minimum Gasteiger partial charge on any atom is -0.311 e. The number of fused-ring (bicyclic) bond motifs is 8. The summed E-state index contributed by atoms with van der Waals surface area (Å²) in [5.74, 6) is 0. The normalized spacial score (nSPS) is 19.6. The van der Waals surface area contributed by atoms with Gasteiger partial charge in [0, 0.05) is 43.3 Å². The van der Waals surface area contributed by atoms with Crippen molar-refractivity contribution in [2.45, 2.75) is 110 Å². The zero-order valence-corrected chi connectivity index (χ0v) is 33.8. The summed E-state index contributed by atoms with van der Waals surface area (Å²) >= 11 is 2.00. The molecule has 3 heterocycles. The molecular formula is C49H51BN2S. The standard InChI is InChI=1S/C49H51BN2S/c1-30-15-10-12-17-38(30)52-40-19-14-18-39-43(40)50(45-44(52)32-16-11-13-20-42(32)53-45)37-28-35-36(49(8,9)26-25-48(35,6)7)29-41(37)51(39)31-21-22-33-34(27-31)47(4,5)24-23-46(33,2)3/h10-22,27-29H,23-26H2,1-9H3. The third-order valence-corrected chi connectivity index (χ3v) is 15.1. The van der Waals surface area contributed by atoms with Crippen LogP contribution in [0.2, 0.25) is 0 Å². The SMILES string of the molecule is Cc1ccccc1N1c2cccc3c2B(c2cc4c(cc2N3c2ccc3c(c2)C(C)(C)CCC3(C)C)C(C)(C)CCC4(C)C)c2sc3ccccc3c21. The molecule has 4 aliphatic rings. The van der Waals surface area contributed by atoms with Crippen LogP contribution >= 0.6 is 11.3 Å². The van der Waals surface area contributed by atoms with Gasteiger partial charge in [-0.15, -0.1) is 11.3 Å². The van der Waals surface area contributed by atoms with E-state index in [9.17, 15) is 0 Å². The maximum Gasteiger partial charge on any atom is 0.264 e. The average Bonchev–Trinajstić information content (AvgIpc) is 3.51. The van der Waals surface area contributed by atoms with E-state index in [1.165, 1.54) is 113 Å². The van der Waals surface area contributed by atoms with Crippen molar-refractivity contribution in [3.8, 4) is 0 Å². The zero-order chi connectivity index (χ0) is 36.8. The zero-order valence-electron chi connectivity index (χ0n) is 32.9. The molecule has 53 heavy (non-hydrogen) atoms. The van der Waals surface area contributed by atoms with E-state index in [1.807, 2.05) is 11.3 Å². The smallest absolute Gasteiger partial charge is 0.264 e. The Morgan fingerprint density at radius 3 is 1.79 bits per heavy atom. The summed E-state index contributed by atoms with van der Waals surface area (Å²) in [7, 11) is 0. The van der Waals surface area contributed by atoms with Crippen molar-refractivity contribution in [1.82, 2.24) is 0 Å². The van der Waals surface area contributed by atoms with E-state index in [4.69, 9.17) is 0 Å². The first-order chi connectivity index (χ1) is 25.2. The molecule has 0 fully saturated rings. The predicted molar refractivity (Wildman–Crippen MR) is 231 cm³/mol. The summed E-state index contributed by atoms with van der Waals surface area (Å²) in [4.78, 5) is 5.26. The van der Waals surface area contributed by atoms with Crippen LogP contribution in [0, 0.1) is 6.92 Å². The van der Waals surface area contributed by atoms with E-state index < -0.39 is 0 Å². The lowest BCUT2D eigenvalue weighted by atomic mass is 9.35. The van der Waals surface area contributed by atoms with Gasteiger partial charge < -0.3 is 9.80 Å². The van der Waals surface area contributed by atoms with E-state index in [2.05, 4.69) is 169 Å². The number of hydrogen-bond donors (Lipinski definition) is 0. The Balaban J connectivity index is 1.33. The summed E-state index contributed by atoms with van der Waals surface area (Å²) in [6.45, 7) is 22.1. The summed E-state index contributed by atoms with van der Waals surface area (Å²) in [6.07, 6.45) is 4.82. The number of nitrogens with zero attached hydrogens (tertiary/aromatic N) is 2. The van der Waals surface area contributed by atoms with Gasteiger partial charge in [0.1, 0.15) is 0 Å². The van der Waals surface area contributed by atoms with E-state index in [0.29, 0.717) is 0 Å². The molecule has 0 unspecified atom stereocenters. The van der Waals surface area contributed by atoms with Crippen LogP contribution in [0.1, 0.15) is 109 Å². The van der Waals surface area contributed by atoms with Gasteiger partial charge in [-0.1, -0.05) is 110 Å². The van der Waals surface area contributed by atoms with Gasteiger partial charge in [0.2, 0.25) is 0 Å². The number of rotatable bonds is 2. The average molecular weight is 711 g/mol. The van der Waals surface area contributed by atoms with Gasteiger partial charge in [-0.05, 0) is 135 Å². The first kappa shape index (κ1) is 33.3. The Morgan fingerprint density at radius 1 is 0.528 bits per heavy atom. The van der Waals surface area contributed by atoms with E-state index in [0.717, 1.165) is 0 Å². The van der Waals surface area contributed by atoms with Crippen molar-refractivity contribution < 1.29 is 0 Å². The molecule has 2 aliphatic carbocycles. The first-order valence-corrected chi connectivity index (χ1v) is 20.6. The number of thiophene rings is 1. The van der Waals surface area contributed by atoms with Crippen LogP contribution in [0.25, 0.3) is 10.1 Å². The lowest BCUT2D eigenvalue weighted by molar-refractivity contribution is 0.332. The number of hydrogen-bond acceptors (Lipinski definition) is 3. The Labute approximate surface area is 321 Å². The highest BCUT2D eigenvalue weighted by Crippen LogP contribution is 2.53. The third-order valence-electron chi connectivity index (χ3n) is 13.9. The quantitative estimate of drug-likeness (QED) is 0.165. The molecule has 0 radical (unpaired) electrons. The summed E-state index contributed by atoms with van der Waals surface area (Å²) in [5, 5.41) is 1.34. The Hall–Kier alpha value is -4.28. The predicted octanol–water partition coefficient (Wildman–Crippen LogP) is 12.0. The van der Waals surface area contributed by atoms with Gasteiger partial charge >= 0.3 is 0 Å². The fourth-order valence-electron chi connectivity index (χ4n) is 10.5. The molecule has 5 aromatic carbocycles. The lowest BCUT2D eigenvalue weighted by Gasteiger charge is -2.47. The van der Waals surface area contributed by atoms with E-state index in [-0.39, 0.29) is 28.4 Å². The van der Waals surface area contributed by atoms with Gasteiger partial charge in [0.25, 0.3) is 6.71 Å². The first-order valence-electron chi connectivity index (χ1n) is 19.8. The summed E-state index contributed by atoms with van der Waals surface area (Å²) in [6, 6.07) is 37.9. The highest BCUT2D eigenvalue weighted by molar-refractivity contribution is 7.33. The molecular weight excluding hydrogens is 659 g/mol. The van der Waals surface area contributed by atoms with Crippen LogP contribution < -0.4 is 25.5 Å². The van der Waals surface area contributed by atoms with E-state index in [1.54, 1.807) is 0 Å². The van der Waals surface area contributed by atoms with Crippen LogP contribution in [0.3, 0.4) is 0 Å². The molecule has 4 heteroatoms. The lowest BCUT2D eigenvalue weighted by Crippen LogP contribution is -2.61. The highest BCUT2D eigenvalue weighted by Gasteiger charge is 2.48. The van der Waals surface area contributed by atoms with Gasteiger partial charge in [-0.3, -0.25) is 0 Å². The monoisotopic (exact) mass is 710 g/mol. The van der Waals surface area contributed by atoms with Gasteiger partial charge in [-0.25, -0.2) is 0 Å². The molecule has 6 aromatic rings. The molecule has 0 saturated heterocycles. The molecule has 2 nitrogen and oxygen atoms in total. The molecule has 266 valence electrons. The second-order valence-electron chi connectivity index (χ2n) is 19.1. The van der Waals surface area contributed by atoms with Crippen LogP contribution in [0.15, 0.2) is 97.1 Å². The minimum atomic E-state index is 0.104. The molecule has 0 spiro atoms. The Bertz CT molecular complexity index is 2510. The molecule has 0 saturated carbocycles. The molecule has 10 rings (SSSR count). The molecule has 0 N–H and O–H groups in total. The minimum absolute atomic E-state index is 0.104. The van der Waals surface area contributed by atoms with Crippen molar-refractivity contribution in [3.63, 3.8) is 0 Å². The fourth-order valence-corrected chi connectivity index (χ4v) is 11.8. The summed E-state index contributed by atoms with van der Waals surface area (Å²) < 4.78 is 2.81. The maximum atomic E-state index is 2.67. The topological polar surface area (TPSA) is 6.48 Å². The van der Waals surface area contributed by atoms with Crippen LogP contribution in [-0.2, 0) is 21.7 Å². The van der Waals surface area contributed by atoms with Crippen LogP contribution in [-0.4, -0.2) is 6.71 Å². The van der Waals surface area contributed by atoms with Crippen molar-refractivity contribution in [1.29, 1.82) is 0 Å². The van der Waals surface area contributed by atoms with E-state index >= 15 is 0 Å². The van der Waals surface area contributed by atoms with Crippen molar-refractivity contribution in [2.75, 3.05) is 9.80 Å². The highest BCUT2D eigenvalue weighted by atomic mass is 32.1. The Kier molecular flexibility index (Phi) is 6.86. The van der Waals surface area contributed by atoms with Gasteiger partial charge in [-0.2, -0.15) is 0 Å². The molecule has 1 aromatic heterocycles. The van der Waals surface area contributed by atoms with Crippen LogP contribution in [0.5, 0.6) is 0 Å². The number of aryl methyl sites for hydroxylation is 1. The second-order valence-corrected chi connectivity index (χ2v) is 20.2. The molecule has 0 amide bonds. The van der Waals surface area contributed by atoms with Crippen molar-refractivity contribution in [3.05, 3.63) is 125 Å². The van der Waals surface area contributed by atoms with Crippen molar-refractivity contribution in [2.24, 2.45) is 0 Å². The van der Waals surface area contributed by atoms with Crippen molar-refractivity contribution >= 4 is 78.0 Å². The van der Waals surface area contributed by atoms with Crippen LogP contribution in [0.4, 0.5) is 34.1 Å². The molecule has 0 atom stereocenters. The number of para-hydroxylation sites is 1. The number of anilines is 6. The molecule has 0 bridgehead atoms. The summed E-state index contributed by atoms with van der Waals surface area (Å²) in [5.41, 5.74) is 18.6. The largest absolute Gasteiger partial charge is 0.311 e. The maximum absolute atomic E-state index is 2.67. The number of benzene rings is 5. The van der Waals surface area contributed by atoms with Gasteiger partial charge in [0.05, 0.1) is 5.69 Å². The Morgan fingerprint density at radius 2 is 1.09 bits per heavy atom.